The summed E-state index contributed by atoms with van der Waals surface area (Å²) >= 11 is 0. The normalized spacial score (nSPS) is 11.0. The number of carbonyl (C=O) groups excluding carboxylic acids is 1. The van der Waals surface area contributed by atoms with Gasteiger partial charge in [0.05, 0.1) is 12.0 Å². The third-order valence-corrected chi connectivity index (χ3v) is 5.30. The summed E-state index contributed by atoms with van der Waals surface area (Å²) in [4.78, 5) is 12.3. The second kappa shape index (κ2) is 8.71. The predicted molar refractivity (Wildman–Crippen MR) is 102 cm³/mol. The fourth-order valence-electron chi connectivity index (χ4n) is 2.36. The number of sulfonamides is 1. The maximum atomic E-state index is 12.6. The van der Waals surface area contributed by atoms with Gasteiger partial charge in [-0.2, -0.15) is 0 Å². The van der Waals surface area contributed by atoms with Crippen LogP contribution in [0.25, 0.3) is 0 Å². The van der Waals surface area contributed by atoms with E-state index in [0.717, 1.165) is 18.4 Å². The van der Waals surface area contributed by atoms with E-state index in [-0.39, 0.29) is 10.8 Å². The smallest absolute Gasteiger partial charge is 0.261 e. The number of unbranched alkanes of at least 4 members (excludes halogenated alkanes) is 1. The molecule has 0 unspecified atom stereocenters. The first-order valence-corrected chi connectivity index (χ1v) is 9.91. The van der Waals surface area contributed by atoms with Gasteiger partial charge in [-0.05, 0) is 55.3 Å². The van der Waals surface area contributed by atoms with E-state index in [0.29, 0.717) is 23.5 Å². The van der Waals surface area contributed by atoms with Crippen molar-refractivity contribution in [1.82, 2.24) is 5.32 Å². The highest BCUT2D eigenvalue weighted by molar-refractivity contribution is 7.92. The number of carbonyl (C=O) groups is 1. The van der Waals surface area contributed by atoms with E-state index in [4.69, 9.17) is 4.74 Å². The molecule has 2 N–H and O–H groups in total. The minimum absolute atomic E-state index is 0.0413. The van der Waals surface area contributed by atoms with Crippen molar-refractivity contribution in [2.45, 2.75) is 31.6 Å². The molecule has 0 fully saturated rings. The van der Waals surface area contributed by atoms with Crippen molar-refractivity contribution in [1.29, 1.82) is 0 Å². The molecule has 0 aliphatic rings. The summed E-state index contributed by atoms with van der Waals surface area (Å²) in [5.41, 5.74) is 1.50. The van der Waals surface area contributed by atoms with Crippen molar-refractivity contribution in [2.24, 2.45) is 0 Å². The number of hydrogen-bond acceptors (Lipinski definition) is 4. The molecule has 2 rings (SSSR count). The molecule has 2 aromatic rings. The average molecular weight is 376 g/mol. The summed E-state index contributed by atoms with van der Waals surface area (Å²) in [5.74, 6) is 0.367. The average Bonchev–Trinajstić information content (AvgIpc) is 2.62. The van der Waals surface area contributed by atoms with Crippen molar-refractivity contribution >= 4 is 21.6 Å². The second-order valence-electron chi connectivity index (χ2n) is 5.92. The van der Waals surface area contributed by atoms with Gasteiger partial charge in [-0.1, -0.05) is 19.4 Å². The van der Waals surface area contributed by atoms with E-state index >= 15 is 0 Å². The lowest BCUT2D eigenvalue weighted by Crippen LogP contribution is -2.25. The van der Waals surface area contributed by atoms with Crippen LogP contribution >= 0.6 is 0 Å². The van der Waals surface area contributed by atoms with E-state index in [1.165, 1.54) is 12.1 Å². The second-order valence-corrected chi connectivity index (χ2v) is 7.60. The Kier molecular flexibility index (Phi) is 6.63. The van der Waals surface area contributed by atoms with Gasteiger partial charge in [-0.25, -0.2) is 8.42 Å². The van der Waals surface area contributed by atoms with Gasteiger partial charge in [0.2, 0.25) is 0 Å². The lowest BCUT2D eigenvalue weighted by atomic mass is 10.1. The summed E-state index contributed by atoms with van der Waals surface area (Å²) < 4.78 is 32.8. The van der Waals surface area contributed by atoms with Crippen LogP contribution in [0.2, 0.25) is 0 Å². The van der Waals surface area contributed by atoms with Crippen molar-refractivity contribution < 1.29 is 17.9 Å². The van der Waals surface area contributed by atoms with Gasteiger partial charge >= 0.3 is 0 Å². The highest BCUT2D eigenvalue weighted by Gasteiger charge is 2.18. The molecule has 0 heterocycles. The lowest BCUT2D eigenvalue weighted by Gasteiger charge is -2.12. The number of ether oxygens (including phenoxy) is 1. The van der Waals surface area contributed by atoms with Crippen LogP contribution in [0.4, 0.5) is 5.69 Å². The zero-order valence-corrected chi connectivity index (χ0v) is 16.0. The van der Waals surface area contributed by atoms with Gasteiger partial charge in [0, 0.05) is 17.8 Å². The number of methoxy groups -OCH3 is 1. The van der Waals surface area contributed by atoms with Crippen molar-refractivity contribution in [3.63, 3.8) is 0 Å². The first-order valence-electron chi connectivity index (χ1n) is 8.43. The molecule has 0 atom stereocenters. The monoisotopic (exact) mass is 376 g/mol. The number of anilines is 1. The Morgan fingerprint density at radius 2 is 1.81 bits per heavy atom. The Morgan fingerprint density at radius 3 is 2.42 bits per heavy atom. The van der Waals surface area contributed by atoms with Crippen LogP contribution < -0.4 is 14.8 Å². The molecule has 0 saturated carbocycles. The number of benzene rings is 2. The quantitative estimate of drug-likeness (QED) is 0.692. The molecule has 0 spiro atoms. The highest BCUT2D eigenvalue weighted by Crippen LogP contribution is 2.21. The van der Waals surface area contributed by atoms with Gasteiger partial charge in [0.15, 0.2) is 0 Å². The molecule has 0 radical (unpaired) electrons. The molecular formula is C19H24N2O4S. The fraction of sp³-hybridized carbons (Fsp3) is 0.316. The van der Waals surface area contributed by atoms with E-state index in [1.54, 1.807) is 44.4 Å². The third-order valence-electron chi connectivity index (χ3n) is 3.92. The van der Waals surface area contributed by atoms with Gasteiger partial charge in [0.25, 0.3) is 15.9 Å². The first kappa shape index (κ1) is 19.8. The minimum atomic E-state index is -3.80. The predicted octanol–water partition coefficient (Wildman–Crippen LogP) is 3.33. The Morgan fingerprint density at radius 1 is 1.12 bits per heavy atom. The summed E-state index contributed by atoms with van der Waals surface area (Å²) in [6.07, 6.45) is 1.85. The van der Waals surface area contributed by atoms with Crippen LogP contribution in [-0.4, -0.2) is 28.0 Å². The van der Waals surface area contributed by atoms with Gasteiger partial charge in [0.1, 0.15) is 5.75 Å². The fourth-order valence-corrected chi connectivity index (χ4v) is 3.44. The minimum Gasteiger partial charge on any atom is -0.497 e. The third kappa shape index (κ3) is 4.98. The standard InChI is InChI=1S/C19H24N2O4S/c1-4-5-12-20-19(22)18-13-17(11-6-14(18)2)26(23,24)21-15-7-9-16(25-3)10-8-15/h6-11,13,21H,4-5,12H2,1-3H3,(H,20,22). The van der Waals surface area contributed by atoms with Crippen LogP contribution in [0.1, 0.15) is 35.7 Å². The summed E-state index contributed by atoms with van der Waals surface area (Å²) in [6, 6.07) is 11.1. The SMILES string of the molecule is CCCCNC(=O)c1cc(S(=O)(=O)Nc2ccc(OC)cc2)ccc1C. The maximum absolute atomic E-state index is 12.6. The van der Waals surface area contributed by atoms with Crippen LogP contribution in [0.5, 0.6) is 5.75 Å². The van der Waals surface area contributed by atoms with Crippen molar-refractivity contribution in [3.8, 4) is 5.75 Å². The van der Waals surface area contributed by atoms with Crippen molar-refractivity contribution in [3.05, 3.63) is 53.6 Å². The van der Waals surface area contributed by atoms with E-state index in [2.05, 4.69) is 10.0 Å². The number of aryl methyl sites for hydroxylation is 1. The molecule has 0 aromatic heterocycles. The van der Waals surface area contributed by atoms with E-state index < -0.39 is 10.0 Å². The summed E-state index contributed by atoms with van der Waals surface area (Å²) in [5, 5.41) is 2.81. The molecule has 1 amide bonds. The van der Waals surface area contributed by atoms with Crippen LogP contribution in [0, 0.1) is 6.92 Å². The Hall–Kier alpha value is -2.54. The van der Waals surface area contributed by atoms with Crippen LogP contribution in [0.15, 0.2) is 47.4 Å². The summed E-state index contributed by atoms with van der Waals surface area (Å²) in [7, 11) is -2.26. The van der Waals surface area contributed by atoms with Gasteiger partial charge in [-0.15, -0.1) is 0 Å². The Bertz CT molecular complexity index is 862. The maximum Gasteiger partial charge on any atom is 0.261 e. The molecule has 0 aliphatic heterocycles. The first-order chi connectivity index (χ1) is 12.4. The molecule has 140 valence electrons. The largest absolute Gasteiger partial charge is 0.497 e. The molecule has 7 heteroatoms. The Labute approximate surface area is 154 Å². The highest BCUT2D eigenvalue weighted by atomic mass is 32.2. The Balaban J connectivity index is 2.23. The molecule has 2 aromatic carbocycles. The number of nitrogens with one attached hydrogen (secondary N) is 2. The van der Waals surface area contributed by atoms with E-state index in [9.17, 15) is 13.2 Å². The number of hydrogen-bond donors (Lipinski definition) is 2. The molecule has 0 aliphatic carbocycles. The molecule has 6 nitrogen and oxygen atoms in total. The van der Waals surface area contributed by atoms with E-state index in [1.807, 2.05) is 6.92 Å². The van der Waals surface area contributed by atoms with Gasteiger partial charge in [-0.3, -0.25) is 9.52 Å². The topological polar surface area (TPSA) is 84.5 Å². The molecule has 0 bridgehead atoms. The van der Waals surface area contributed by atoms with Crippen molar-refractivity contribution in [2.75, 3.05) is 18.4 Å². The van der Waals surface area contributed by atoms with Crippen LogP contribution in [0.3, 0.4) is 0 Å². The lowest BCUT2D eigenvalue weighted by molar-refractivity contribution is 0.0952. The zero-order valence-electron chi connectivity index (χ0n) is 15.2. The molecule has 26 heavy (non-hydrogen) atoms. The number of amides is 1. The molecular weight excluding hydrogens is 352 g/mol. The number of rotatable bonds is 8. The zero-order chi connectivity index (χ0) is 19.2. The molecule has 0 saturated heterocycles. The summed E-state index contributed by atoms with van der Waals surface area (Å²) in [6.45, 7) is 4.38. The van der Waals surface area contributed by atoms with Gasteiger partial charge < -0.3 is 10.1 Å². The van der Waals surface area contributed by atoms with Crippen LogP contribution in [-0.2, 0) is 10.0 Å².